The van der Waals surface area contributed by atoms with Crippen LogP contribution in [0.15, 0.2) is 21.8 Å². The third-order valence-corrected chi connectivity index (χ3v) is 4.00. The molecule has 0 saturated carbocycles. The normalized spacial score (nSPS) is 17.6. The van der Waals surface area contributed by atoms with E-state index in [1.807, 2.05) is 19.9 Å². The lowest BCUT2D eigenvalue weighted by Crippen LogP contribution is -2.52. The van der Waals surface area contributed by atoms with E-state index < -0.39 is 0 Å². The van der Waals surface area contributed by atoms with E-state index in [0.29, 0.717) is 6.54 Å². The first-order valence-corrected chi connectivity index (χ1v) is 8.36. The Bertz CT molecular complexity index is 524. The molecule has 0 amide bonds. The van der Waals surface area contributed by atoms with E-state index in [2.05, 4.69) is 25.3 Å². The number of carbonyl (C=O) groups excluding carboxylic acids is 1. The molecule has 8 nitrogen and oxygen atoms in total. The number of ether oxygens (including phenoxy) is 1. The van der Waals surface area contributed by atoms with Crippen LogP contribution in [0.4, 0.5) is 0 Å². The molecule has 1 atom stereocenters. The van der Waals surface area contributed by atoms with E-state index in [1.54, 1.807) is 6.26 Å². The fourth-order valence-corrected chi connectivity index (χ4v) is 2.59. The summed E-state index contributed by atoms with van der Waals surface area (Å²) < 4.78 is 9.63. The fraction of sp³-hybridized carbons (Fsp3) is 0.688. The number of aliphatic imine (C=N–C) groups is 1. The molecule has 0 spiro atoms. The molecule has 1 fully saturated rings. The second-order valence-corrected chi connectivity index (χ2v) is 5.87. The van der Waals surface area contributed by atoms with Crippen LogP contribution in [0.25, 0.3) is 0 Å². The number of guanidine groups is 1. The van der Waals surface area contributed by atoms with Crippen molar-refractivity contribution >= 4 is 11.9 Å². The number of rotatable bonds is 6. The van der Waals surface area contributed by atoms with E-state index in [0.717, 1.165) is 50.9 Å². The summed E-state index contributed by atoms with van der Waals surface area (Å²) in [6.45, 7) is 9.53. The van der Waals surface area contributed by atoms with Crippen LogP contribution < -0.4 is 5.32 Å². The van der Waals surface area contributed by atoms with Gasteiger partial charge in [0.05, 0.1) is 25.3 Å². The molecule has 1 saturated heterocycles. The highest BCUT2D eigenvalue weighted by molar-refractivity contribution is 5.80. The Morgan fingerprint density at radius 1 is 1.46 bits per heavy atom. The summed E-state index contributed by atoms with van der Waals surface area (Å²) in [4.78, 5) is 20.7. The molecule has 1 aliphatic heterocycles. The van der Waals surface area contributed by atoms with Crippen LogP contribution in [0, 0.1) is 5.92 Å². The van der Waals surface area contributed by atoms with Gasteiger partial charge in [0, 0.05) is 45.3 Å². The van der Waals surface area contributed by atoms with Crippen LogP contribution in [0.3, 0.4) is 0 Å². The topological polar surface area (TPSA) is 83.2 Å². The smallest absolute Gasteiger partial charge is 0.310 e. The number of esters is 1. The highest BCUT2D eigenvalue weighted by Crippen LogP contribution is 2.08. The van der Waals surface area contributed by atoms with Crippen LogP contribution in [0.2, 0.25) is 0 Å². The maximum Gasteiger partial charge on any atom is 0.310 e. The molecule has 1 aromatic heterocycles. The largest absolute Gasteiger partial charge is 0.469 e. The first-order chi connectivity index (χ1) is 11.6. The molecule has 0 aliphatic carbocycles. The first-order valence-electron chi connectivity index (χ1n) is 8.36. The molecule has 2 heterocycles. The molecule has 0 bridgehead atoms. The van der Waals surface area contributed by atoms with Gasteiger partial charge < -0.3 is 19.5 Å². The van der Waals surface area contributed by atoms with Gasteiger partial charge in [0.1, 0.15) is 6.26 Å². The Kier molecular flexibility index (Phi) is 7.05. The number of aromatic nitrogens is 1. The van der Waals surface area contributed by atoms with Crippen molar-refractivity contribution in [2.45, 2.75) is 20.4 Å². The van der Waals surface area contributed by atoms with E-state index in [9.17, 15) is 4.79 Å². The highest BCUT2D eigenvalue weighted by atomic mass is 16.5. The minimum absolute atomic E-state index is 0.230. The number of nitrogens with one attached hydrogen (secondary N) is 1. The minimum Gasteiger partial charge on any atom is -0.469 e. The second kappa shape index (κ2) is 9.27. The summed E-state index contributed by atoms with van der Waals surface area (Å²) in [5, 5.41) is 7.26. The number of hydrogen-bond acceptors (Lipinski definition) is 6. The van der Waals surface area contributed by atoms with E-state index in [1.165, 1.54) is 7.11 Å². The Morgan fingerprint density at radius 2 is 2.21 bits per heavy atom. The van der Waals surface area contributed by atoms with Crippen molar-refractivity contribution in [1.82, 2.24) is 20.3 Å². The second-order valence-electron chi connectivity index (χ2n) is 5.87. The molecule has 24 heavy (non-hydrogen) atoms. The lowest BCUT2D eigenvalue weighted by Gasteiger charge is -2.36. The van der Waals surface area contributed by atoms with Crippen LogP contribution in [-0.4, -0.2) is 73.3 Å². The van der Waals surface area contributed by atoms with Gasteiger partial charge in [-0.15, -0.1) is 0 Å². The van der Waals surface area contributed by atoms with Gasteiger partial charge in [-0.2, -0.15) is 0 Å². The van der Waals surface area contributed by atoms with Crippen LogP contribution >= 0.6 is 0 Å². The molecule has 134 valence electrons. The van der Waals surface area contributed by atoms with Gasteiger partial charge >= 0.3 is 5.97 Å². The van der Waals surface area contributed by atoms with Gasteiger partial charge in [-0.1, -0.05) is 12.1 Å². The maximum absolute atomic E-state index is 11.5. The molecule has 1 aromatic rings. The van der Waals surface area contributed by atoms with Crippen molar-refractivity contribution < 1.29 is 14.1 Å². The summed E-state index contributed by atoms with van der Waals surface area (Å²) in [7, 11) is 1.40. The van der Waals surface area contributed by atoms with Crippen LogP contribution in [0.5, 0.6) is 0 Å². The number of hydrogen-bond donors (Lipinski definition) is 1. The van der Waals surface area contributed by atoms with Gasteiger partial charge in [0.2, 0.25) is 0 Å². The predicted molar refractivity (Wildman–Crippen MR) is 90.5 cm³/mol. The quantitative estimate of drug-likeness (QED) is 0.461. The van der Waals surface area contributed by atoms with Crippen molar-refractivity contribution in [2.75, 3.05) is 46.4 Å². The van der Waals surface area contributed by atoms with Gasteiger partial charge in [0.15, 0.2) is 5.96 Å². The fourth-order valence-electron chi connectivity index (χ4n) is 2.59. The standard InChI is InChI=1S/C16H27N5O3/c1-4-17-16(18-11-13(2)15(22)23-3)21-8-6-20(7-9-21)12-14-5-10-24-19-14/h5,10,13H,4,6-9,11-12H2,1-3H3,(H,17,18). The summed E-state index contributed by atoms with van der Waals surface area (Å²) in [6.07, 6.45) is 1.60. The summed E-state index contributed by atoms with van der Waals surface area (Å²) in [5.41, 5.74) is 0.955. The molecule has 2 rings (SSSR count). The average molecular weight is 337 g/mol. The molecule has 0 aromatic carbocycles. The van der Waals surface area contributed by atoms with Crippen molar-refractivity contribution in [3.8, 4) is 0 Å². The zero-order valence-corrected chi connectivity index (χ0v) is 14.7. The average Bonchev–Trinajstić information content (AvgIpc) is 3.11. The molecular formula is C16H27N5O3. The van der Waals surface area contributed by atoms with E-state index >= 15 is 0 Å². The van der Waals surface area contributed by atoms with Crippen LogP contribution in [0.1, 0.15) is 19.5 Å². The lowest BCUT2D eigenvalue weighted by atomic mass is 10.2. The Labute approximate surface area is 142 Å². The Hall–Kier alpha value is -2.09. The summed E-state index contributed by atoms with van der Waals surface area (Å²) in [5.74, 6) is 0.387. The number of carbonyl (C=O) groups is 1. The van der Waals surface area contributed by atoms with Gasteiger partial charge in [-0.05, 0) is 6.92 Å². The molecule has 8 heteroatoms. The zero-order chi connectivity index (χ0) is 17.4. The molecule has 1 unspecified atom stereocenters. The van der Waals surface area contributed by atoms with Crippen molar-refractivity contribution in [1.29, 1.82) is 0 Å². The van der Waals surface area contributed by atoms with Crippen molar-refractivity contribution in [3.63, 3.8) is 0 Å². The molecule has 1 N–H and O–H groups in total. The van der Waals surface area contributed by atoms with Gasteiger partial charge in [-0.25, -0.2) is 0 Å². The Morgan fingerprint density at radius 3 is 2.79 bits per heavy atom. The molecule has 0 radical (unpaired) electrons. The first kappa shape index (κ1) is 18.3. The van der Waals surface area contributed by atoms with E-state index in [-0.39, 0.29) is 11.9 Å². The Balaban J connectivity index is 1.86. The van der Waals surface area contributed by atoms with Crippen molar-refractivity contribution in [3.05, 3.63) is 18.0 Å². The summed E-state index contributed by atoms with van der Waals surface area (Å²) >= 11 is 0. The zero-order valence-electron chi connectivity index (χ0n) is 14.7. The minimum atomic E-state index is -0.239. The van der Waals surface area contributed by atoms with Crippen LogP contribution in [-0.2, 0) is 16.1 Å². The third kappa shape index (κ3) is 5.23. The highest BCUT2D eigenvalue weighted by Gasteiger charge is 2.21. The lowest BCUT2D eigenvalue weighted by molar-refractivity contribution is -0.144. The predicted octanol–water partition coefficient (Wildman–Crippen LogP) is 0.567. The summed E-state index contributed by atoms with van der Waals surface area (Å²) in [6, 6.07) is 1.89. The number of piperazine rings is 1. The monoisotopic (exact) mass is 337 g/mol. The van der Waals surface area contributed by atoms with Gasteiger partial charge in [0.25, 0.3) is 0 Å². The molecule has 1 aliphatic rings. The third-order valence-electron chi connectivity index (χ3n) is 4.00. The SMILES string of the molecule is CCNC(=NCC(C)C(=O)OC)N1CCN(Cc2ccon2)CC1. The van der Waals surface area contributed by atoms with E-state index in [4.69, 9.17) is 9.26 Å². The maximum atomic E-state index is 11.5. The molecular weight excluding hydrogens is 310 g/mol. The number of methoxy groups -OCH3 is 1. The number of nitrogens with zero attached hydrogens (tertiary/aromatic N) is 4. The van der Waals surface area contributed by atoms with Gasteiger partial charge in [-0.3, -0.25) is 14.7 Å². The van der Waals surface area contributed by atoms with Crippen molar-refractivity contribution in [2.24, 2.45) is 10.9 Å².